The van der Waals surface area contributed by atoms with Crippen LogP contribution in [0.15, 0.2) is 24.3 Å². The van der Waals surface area contributed by atoms with E-state index in [1.165, 1.54) is 0 Å². The zero-order valence-electron chi connectivity index (χ0n) is 10.9. The average molecular weight is 282 g/mol. The van der Waals surface area contributed by atoms with Gasteiger partial charge in [0.2, 0.25) is 11.8 Å². The van der Waals surface area contributed by atoms with E-state index in [0.717, 1.165) is 5.69 Å². The number of nitrogens with one attached hydrogen (secondary N) is 2. The molecule has 0 aliphatic carbocycles. The molecule has 0 unspecified atom stereocenters. The lowest BCUT2D eigenvalue weighted by atomic mass is 9.94. The largest absolute Gasteiger partial charge is 0.325 e. The Labute approximate surface area is 116 Å². The van der Waals surface area contributed by atoms with E-state index in [2.05, 4.69) is 10.7 Å². The van der Waals surface area contributed by atoms with Gasteiger partial charge in [0.15, 0.2) is 0 Å². The van der Waals surface area contributed by atoms with E-state index in [0.29, 0.717) is 12.2 Å². The van der Waals surface area contributed by atoms with Crippen molar-refractivity contribution in [2.45, 2.75) is 13.8 Å². The number of anilines is 2. The second-order valence-electron chi connectivity index (χ2n) is 5.14. The number of carbonyl (C=O) groups excluding carboxylic acids is 2. The molecule has 1 fully saturated rings. The van der Waals surface area contributed by atoms with Crippen molar-refractivity contribution in [3.63, 3.8) is 0 Å². The fourth-order valence-corrected chi connectivity index (χ4v) is 1.92. The predicted octanol–water partition coefficient (Wildman–Crippen LogP) is 1.74. The van der Waals surface area contributed by atoms with Crippen LogP contribution in [0.25, 0.3) is 0 Å². The molecule has 6 heteroatoms. The maximum absolute atomic E-state index is 11.7. The quantitative estimate of drug-likeness (QED) is 0.830. The predicted molar refractivity (Wildman–Crippen MR) is 75.1 cm³/mol. The molecule has 5 nitrogen and oxygen atoms in total. The van der Waals surface area contributed by atoms with Crippen molar-refractivity contribution in [3.8, 4) is 0 Å². The van der Waals surface area contributed by atoms with Crippen LogP contribution in [0.5, 0.6) is 0 Å². The van der Waals surface area contributed by atoms with Gasteiger partial charge >= 0.3 is 0 Å². The van der Waals surface area contributed by atoms with Crippen molar-refractivity contribution in [2.24, 2.45) is 5.41 Å². The molecule has 1 aromatic rings. The third-order valence-corrected chi connectivity index (χ3v) is 3.23. The summed E-state index contributed by atoms with van der Waals surface area (Å²) in [6, 6.07) is 7.23. The standard InChI is InChI=1S/C13H16ClN3O2/c1-13(2)8-17(16-12(13)19)10-5-3-9(4-6-10)15-11(18)7-14/h3-6H,7-8H2,1-2H3,(H,15,18)(H,16,19). The Morgan fingerprint density at radius 3 is 2.53 bits per heavy atom. The second kappa shape index (κ2) is 5.09. The Hall–Kier alpha value is -1.75. The highest BCUT2D eigenvalue weighted by Gasteiger charge is 2.37. The molecule has 0 atom stereocenters. The van der Waals surface area contributed by atoms with Crippen LogP contribution in [0.3, 0.4) is 0 Å². The highest BCUT2D eigenvalue weighted by atomic mass is 35.5. The van der Waals surface area contributed by atoms with E-state index in [-0.39, 0.29) is 17.7 Å². The summed E-state index contributed by atoms with van der Waals surface area (Å²) in [5.41, 5.74) is 3.98. The number of hydrazine groups is 1. The van der Waals surface area contributed by atoms with Crippen LogP contribution in [0.4, 0.5) is 11.4 Å². The number of hydrogen-bond donors (Lipinski definition) is 2. The molecule has 0 spiro atoms. The molecule has 1 heterocycles. The topological polar surface area (TPSA) is 61.4 Å². The third-order valence-electron chi connectivity index (χ3n) is 2.99. The van der Waals surface area contributed by atoms with Gasteiger partial charge in [0.25, 0.3) is 0 Å². The molecule has 1 saturated heterocycles. The summed E-state index contributed by atoms with van der Waals surface area (Å²) in [4.78, 5) is 22.8. The number of benzene rings is 1. The molecular weight excluding hydrogens is 266 g/mol. The SMILES string of the molecule is CC1(C)CN(c2ccc(NC(=O)CCl)cc2)NC1=O. The Kier molecular flexibility index (Phi) is 3.66. The lowest BCUT2D eigenvalue weighted by Gasteiger charge is -2.19. The van der Waals surface area contributed by atoms with Crippen LogP contribution in [-0.2, 0) is 9.59 Å². The van der Waals surface area contributed by atoms with E-state index >= 15 is 0 Å². The van der Waals surface area contributed by atoms with Gasteiger partial charge in [-0.1, -0.05) is 0 Å². The summed E-state index contributed by atoms with van der Waals surface area (Å²) >= 11 is 5.42. The van der Waals surface area contributed by atoms with Crippen LogP contribution in [0, 0.1) is 5.41 Å². The molecule has 0 radical (unpaired) electrons. The van der Waals surface area contributed by atoms with Crippen molar-refractivity contribution in [1.29, 1.82) is 0 Å². The van der Waals surface area contributed by atoms with Crippen LogP contribution in [0.1, 0.15) is 13.8 Å². The minimum Gasteiger partial charge on any atom is -0.325 e. The Morgan fingerprint density at radius 1 is 1.42 bits per heavy atom. The summed E-state index contributed by atoms with van der Waals surface area (Å²) in [6.07, 6.45) is 0. The lowest BCUT2D eigenvalue weighted by Crippen LogP contribution is -2.33. The zero-order valence-corrected chi connectivity index (χ0v) is 11.6. The van der Waals surface area contributed by atoms with Crippen molar-refractivity contribution in [3.05, 3.63) is 24.3 Å². The first kappa shape index (κ1) is 13.7. The Bertz CT molecular complexity index is 499. The maximum atomic E-state index is 11.7. The first-order valence-electron chi connectivity index (χ1n) is 5.97. The number of alkyl halides is 1. The highest BCUT2D eigenvalue weighted by Crippen LogP contribution is 2.27. The molecule has 1 aliphatic rings. The normalized spacial score (nSPS) is 17.2. The molecule has 0 aromatic heterocycles. The molecule has 1 aliphatic heterocycles. The molecule has 2 amide bonds. The van der Waals surface area contributed by atoms with Crippen molar-refractivity contribution in [1.82, 2.24) is 5.43 Å². The van der Waals surface area contributed by atoms with Gasteiger partial charge in [0.1, 0.15) is 5.88 Å². The monoisotopic (exact) mass is 281 g/mol. The van der Waals surface area contributed by atoms with E-state index in [9.17, 15) is 9.59 Å². The van der Waals surface area contributed by atoms with E-state index in [4.69, 9.17) is 11.6 Å². The minimum atomic E-state index is -0.397. The summed E-state index contributed by atoms with van der Waals surface area (Å²) in [5, 5.41) is 4.46. The number of rotatable bonds is 3. The van der Waals surface area contributed by atoms with Crippen LogP contribution in [-0.4, -0.2) is 24.2 Å². The molecule has 19 heavy (non-hydrogen) atoms. The molecule has 2 rings (SSSR count). The van der Waals surface area contributed by atoms with Gasteiger partial charge in [-0.15, -0.1) is 11.6 Å². The second-order valence-corrected chi connectivity index (χ2v) is 5.41. The van der Waals surface area contributed by atoms with Crippen LogP contribution < -0.4 is 15.8 Å². The van der Waals surface area contributed by atoms with Gasteiger partial charge in [-0.2, -0.15) is 0 Å². The average Bonchev–Trinajstić information content (AvgIpc) is 2.64. The highest BCUT2D eigenvalue weighted by molar-refractivity contribution is 6.29. The van der Waals surface area contributed by atoms with Gasteiger partial charge < -0.3 is 5.32 Å². The molecule has 2 N–H and O–H groups in total. The van der Waals surface area contributed by atoms with Gasteiger partial charge in [0.05, 0.1) is 17.6 Å². The van der Waals surface area contributed by atoms with Crippen molar-refractivity contribution in [2.75, 3.05) is 22.8 Å². The smallest absolute Gasteiger partial charge is 0.246 e. The summed E-state index contributed by atoms with van der Waals surface area (Å²) in [6.45, 7) is 4.41. The minimum absolute atomic E-state index is 0.00650. The van der Waals surface area contributed by atoms with Gasteiger partial charge in [0, 0.05) is 5.69 Å². The number of halogens is 1. The molecule has 1 aromatic carbocycles. The zero-order chi connectivity index (χ0) is 14.0. The Morgan fingerprint density at radius 2 is 2.05 bits per heavy atom. The molecule has 102 valence electrons. The molecule has 0 bridgehead atoms. The number of hydrogen-bond acceptors (Lipinski definition) is 3. The maximum Gasteiger partial charge on any atom is 0.246 e. The third kappa shape index (κ3) is 2.98. The number of amides is 2. The first-order chi connectivity index (χ1) is 8.92. The van der Waals surface area contributed by atoms with Gasteiger partial charge in [-0.05, 0) is 38.1 Å². The van der Waals surface area contributed by atoms with Gasteiger partial charge in [-0.25, -0.2) is 0 Å². The van der Waals surface area contributed by atoms with Crippen LogP contribution in [0.2, 0.25) is 0 Å². The van der Waals surface area contributed by atoms with Crippen molar-refractivity contribution >= 4 is 34.8 Å². The first-order valence-corrected chi connectivity index (χ1v) is 6.50. The molecular formula is C13H16ClN3O2. The number of nitrogens with zero attached hydrogens (tertiary/aromatic N) is 1. The molecule has 0 saturated carbocycles. The Balaban J connectivity index is 2.07. The summed E-state index contributed by atoms with van der Waals surface area (Å²) in [5.74, 6) is -0.310. The van der Waals surface area contributed by atoms with Crippen molar-refractivity contribution < 1.29 is 9.59 Å². The van der Waals surface area contributed by atoms with E-state index < -0.39 is 5.41 Å². The van der Waals surface area contributed by atoms with Crippen LogP contribution >= 0.6 is 11.6 Å². The summed E-state index contributed by atoms with van der Waals surface area (Å²) < 4.78 is 0. The fourth-order valence-electron chi connectivity index (χ4n) is 1.86. The lowest BCUT2D eigenvalue weighted by molar-refractivity contribution is -0.125. The fraction of sp³-hybridized carbons (Fsp3) is 0.385. The van der Waals surface area contributed by atoms with Gasteiger partial charge in [-0.3, -0.25) is 20.0 Å². The van der Waals surface area contributed by atoms with E-state index in [1.807, 2.05) is 26.0 Å². The van der Waals surface area contributed by atoms with E-state index in [1.54, 1.807) is 17.1 Å². The summed E-state index contributed by atoms with van der Waals surface area (Å²) in [7, 11) is 0. The number of carbonyl (C=O) groups is 2.